The van der Waals surface area contributed by atoms with E-state index in [2.05, 4.69) is 9.14 Å². The topological polar surface area (TPSA) is 108 Å². The molecule has 1 N–H and O–H groups in total. The molecule has 0 spiro atoms. The molecule has 0 aliphatic carbocycles. The van der Waals surface area contributed by atoms with Crippen molar-refractivity contribution in [3.63, 3.8) is 0 Å². The molecule has 2 aromatic carbocycles. The van der Waals surface area contributed by atoms with E-state index in [1.54, 1.807) is 24.3 Å². The Bertz CT molecular complexity index is 1180. The summed E-state index contributed by atoms with van der Waals surface area (Å²) in [5, 5.41) is -0.00926. The van der Waals surface area contributed by atoms with Gasteiger partial charge in [-0.15, -0.1) is 0 Å². The number of hydrogen-bond donors (Lipinski definition) is 1. The number of benzene rings is 2. The molecule has 0 aliphatic rings. The number of aryl methyl sites for hydroxylation is 1. The number of aromatic nitrogens is 1. The molecule has 8 nitrogen and oxygen atoms in total. The second-order valence-corrected chi connectivity index (χ2v) is 6.88. The molecule has 0 radical (unpaired) electrons. The SMILES string of the molecule is COc1ccccc1NS(=O)(=O)c1ccc2c(c1)c(=O)oc(=O)n2C. The van der Waals surface area contributed by atoms with Crippen molar-refractivity contribution in [2.45, 2.75) is 4.90 Å². The zero-order chi connectivity index (χ0) is 18.2. The molecule has 25 heavy (non-hydrogen) atoms. The van der Waals surface area contributed by atoms with Gasteiger partial charge in [-0.3, -0.25) is 9.29 Å². The summed E-state index contributed by atoms with van der Waals surface area (Å²) in [7, 11) is -1.12. The molecule has 0 saturated heterocycles. The zero-order valence-corrected chi connectivity index (χ0v) is 14.2. The van der Waals surface area contributed by atoms with E-state index < -0.39 is 21.4 Å². The Balaban J connectivity index is 2.12. The van der Waals surface area contributed by atoms with Gasteiger partial charge in [-0.1, -0.05) is 12.1 Å². The maximum absolute atomic E-state index is 12.6. The van der Waals surface area contributed by atoms with Crippen LogP contribution in [-0.2, 0) is 17.1 Å². The predicted octanol–water partition coefficient (Wildman–Crippen LogP) is 1.30. The average molecular weight is 362 g/mol. The highest BCUT2D eigenvalue weighted by atomic mass is 32.2. The summed E-state index contributed by atoms with van der Waals surface area (Å²) in [5.74, 6) is -0.464. The van der Waals surface area contributed by atoms with Crippen molar-refractivity contribution in [3.8, 4) is 5.75 Å². The van der Waals surface area contributed by atoms with Crippen molar-refractivity contribution in [1.82, 2.24) is 4.57 Å². The minimum absolute atomic E-state index is 0.00926. The van der Waals surface area contributed by atoms with E-state index in [4.69, 9.17) is 4.74 Å². The van der Waals surface area contributed by atoms with E-state index in [0.717, 1.165) is 4.57 Å². The number of fused-ring (bicyclic) bond motifs is 1. The van der Waals surface area contributed by atoms with E-state index in [1.807, 2.05) is 0 Å². The number of anilines is 1. The lowest BCUT2D eigenvalue weighted by Crippen LogP contribution is -2.23. The van der Waals surface area contributed by atoms with Gasteiger partial charge < -0.3 is 9.15 Å². The number of sulfonamides is 1. The van der Waals surface area contributed by atoms with Crippen LogP contribution in [-0.4, -0.2) is 20.1 Å². The fourth-order valence-electron chi connectivity index (χ4n) is 2.37. The van der Waals surface area contributed by atoms with Crippen molar-refractivity contribution in [1.29, 1.82) is 0 Å². The van der Waals surface area contributed by atoms with Crippen LogP contribution in [0.3, 0.4) is 0 Å². The van der Waals surface area contributed by atoms with Crippen LogP contribution in [0, 0.1) is 0 Å². The number of rotatable bonds is 4. The Labute approximate surface area is 142 Å². The van der Waals surface area contributed by atoms with Crippen molar-refractivity contribution in [2.75, 3.05) is 11.8 Å². The van der Waals surface area contributed by atoms with Gasteiger partial charge in [-0.25, -0.2) is 18.0 Å². The molecule has 3 rings (SSSR count). The van der Waals surface area contributed by atoms with Gasteiger partial charge in [-0.2, -0.15) is 0 Å². The fourth-order valence-corrected chi connectivity index (χ4v) is 3.47. The monoisotopic (exact) mass is 362 g/mol. The number of nitrogens with one attached hydrogen (secondary N) is 1. The first-order chi connectivity index (χ1) is 11.8. The van der Waals surface area contributed by atoms with Gasteiger partial charge in [-0.05, 0) is 30.3 Å². The normalized spacial score (nSPS) is 11.4. The maximum Gasteiger partial charge on any atom is 0.422 e. The molecule has 0 fully saturated rings. The number of ether oxygens (including phenoxy) is 1. The quantitative estimate of drug-likeness (QED) is 0.750. The van der Waals surface area contributed by atoms with Crippen LogP contribution in [0.1, 0.15) is 0 Å². The summed E-state index contributed by atoms with van der Waals surface area (Å²) in [4.78, 5) is 23.2. The Morgan fingerprint density at radius 2 is 1.84 bits per heavy atom. The van der Waals surface area contributed by atoms with E-state index in [0.29, 0.717) is 5.75 Å². The Kier molecular flexibility index (Phi) is 4.09. The number of hydrogen-bond acceptors (Lipinski definition) is 6. The highest BCUT2D eigenvalue weighted by Gasteiger charge is 2.18. The molecular formula is C16H14N2O6S. The summed E-state index contributed by atoms with van der Waals surface area (Å²) in [6, 6.07) is 10.4. The maximum atomic E-state index is 12.6. The number of para-hydroxylation sites is 2. The van der Waals surface area contributed by atoms with E-state index in [-0.39, 0.29) is 21.5 Å². The third-order valence-electron chi connectivity index (χ3n) is 3.66. The van der Waals surface area contributed by atoms with E-state index >= 15 is 0 Å². The average Bonchev–Trinajstić information content (AvgIpc) is 2.59. The van der Waals surface area contributed by atoms with Crippen LogP contribution in [0.5, 0.6) is 5.75 Å². The second-order valence-electron chi connectivity index (χ2n) is 5.20. The van der Waals surface area contributed by atoms with E-state index in [9.17, 15) is 18.0 Å². The first-order valence-corrected chi connectivity index (χ1v) is 8.61. The van der Waals surface area contributed by atoms with Gasteiger partial charge in [0.25, 0.3) is 10.0 Å². The van der Waals surface area contributed by atoms with Crippen LogP contribution >= 0.6 is 0 Å². The first-order valence-electron chi connectivity index (χ1n) is 7.13. The third-order valence-corrected chi connectivity index (χ3v) is 5.03. The van der Waals surface area contributed by atoms with Crippen molar-refractivity contribution in [3.05, 3.63) is 63.4 Å². The first kappa shape index (κ1) is 16.8. The summed E-state index contributed by atoms with van der Waals surface area (Å²) in [5.41, 5.74) is -0.359. The Morgan fingerprint density at radius 3 is 2.56 bits per heavy atom. The largest absolute Gasteiger partial charge is 0.495 e. The van der Waals surface area contributed by atoms with Crippen LogP contribution in [0.2, 0.25) is 0 Å². The molecule has 0 bridgehead atoms. The molecule has 1 heterocycles. The smallest absolute Gasteiger partial charge is 0.422 e. The highest BCUT2D eigenvalue weighted by Crippen LogP contribution is 2.26. The van der Waals surface area contributed by atoms with Gasteiger partial charge in [0.1, 0.15) is 5.75 Å². The summed E-state index contributed by atoms with van der Waals surface area (Å²) < 4.78 is 38.4. The molecule has 9 heteroatoms. The molecule has 1 aromatic heterocycles. The highest BCUT2D eigenvalue weighted by molar-refractivity contribution is 7.92. The lowest BCUT2D eigenvalue weighted by Gasteiger charge is -2.12. The van der Waals surface area contributed by atoms with Crippen molar-refractivity contribution in [2.24, 2.45) is 7.05 Å². The standard InChI is InChI=1S/C16H14N2O6S/c1-18-13-8-7-10(9-11(13)15(19)24-16(18)20)25(21,22)17-12-5-3-4-6-14(12)23-2/h3-9,17H,1-2H3. The van der Waals surface area contributed by atoms with Crippen molar-refractivity contribution >= 4 is 26.6 Å². The molecule has 0 aliphatic heterocycles. The Hall–Kier alpha value is -3.07. The molecule has 3 aromatic rings. The van der Waals surface area contributed by atoms with Gasteiger partial charge in [0, 0.05) is 7.05 Å². The minimum atomic E-state index is -3.98. The van der Waals surface area contributed by atoms with E-state index in [1.165, 1.54) is 32.4 Å². The fraction of sp³-hybridized carbons (Fsp3) is 0.125. The molecule has 0 atom stereocenters. The number of methoxy groups -OCH3 is 1. The molecule has 0 unspecified atom stereocenters. The molecule has 130 valence electrons. The predicted molar refractivity (Wildman–Crippen MR) is 91.5 cm³/mol. The molecular weight excluding hydrogens is 348 g/mol. The van der Waals surface area contributed by atoms with Gasteiger partial charge in [0.15, 0.2) is 0 Å². The lowest BCUT2D eigenvalue weighted by atomic mass is 10.2. The summed E-state index contributed by atoms with van der Waals surface area (Å²) >= 11 is 0. The minimum Gasteiger partial charge on any atom is -0.495 e. The van der Waals surface area contributed by atoms with Crippen LogP contribution in [0.4, 0.5) is 5.69 Å². The molecule has 0 saturated carbocycles. The molecule has 0 amide bonds. The van der Waals surface area contributed by atoms with Crippen LogP contribution in [0.25, 0.3) is 10.9 Å². The van der Waals surface area contributed by atoms with Crippen molar-refractivity contribution < 1.29 is 17.6 Å². The summed E-state index contributed by atoms with van der Waals surface area (Å²) in [6.45, 7) is 0. The van der Waals surface area contributed by atoms with Crippen LogP contribution in [0.15, 0.2) is 61.4 Å². The third kappa shape index (κ3) is 3.01. The summed E-state index contributed by atoms with van der Waals surface area (Å²) in [6.07, 6.45) is 0. The van der Waals surface area contributed by atoms with Gasteiger partial charge in [0.2, 0.25) is 0 Å². The Morgan fingerprint density at radius 1 is 1.12 bits per heavy atom. The number of nitrogens with zero attached hydrogens (tertiary/aromatic N) is 1. The lowest BCUT2D eigenvalue weighted by molar-refractivity contribution is 0.417. The zero-order valence-electron chi connectivity index (χ0n) is 13.3. The van der Waals surface area contributed by atoms with Gasteiger partial charge >= 0.3 is 11.4 Å². The van der Waals surface area contributed by atoms with Crippen LogP contribution < -0.4 is 20.8 Å². The second kappa shape index (κ2) is 6.10. The van der Waals surface area contributed by atoms with Gasteiger partial charge in [0.05, 0.1) is 28.6 Å².